The van der Waals surface area contributed by atoms with E-state index in [2.05, 4.69) is 18.4 Å². The maximum Gasteiger partial charge on any atom is 0.253 e. The zero-order valence-corrected chi connectivity index (χ0v) is 11.6. The molecule has 1 saturated heterocycles. The van der Waals surface area contributed by atoms with Crippen LogP contribution in [0.4, 0.5) is 0 Å². The molecule has 3 nitrogen and oxygen atoms in total. The van der Waals surface area contributed by atoms with Gasteiger partial charge in [-0.2, -0.15) is 0 Å². The summed E-state index contributed by atoms with van der Waals surface area (Å²) in [6.45, 7) is 10.6. The van der Waals surface area contributed by atoms with E-state index in [4.69, 9.17) is 0 Å². The van der Waals surface area contributed by atoms with Crippen LogP contribution in [0.5, 0.6) is 0 Å². The standard InChI is InChI=1S/C16H22N2O/c1-14(2)13-17-9-6-10-18(12-11-17)16(19)15-7-4-3-5-8-15/h3-5,7-8H,1,6,9-13H2,2H3. The Balaban J connectivity index is 1.96. The highest BCUT2D eigenvalue weighted by Gasteiger charge is 2.19. The molecule has 0 atom stereocenters. The molecule has 3 heteroatoms. The second-order valence-electron chi connectivity index (χ2n) is 5.25. The van der Waals surface area contributed by atoms with Crippen molar-refractivity contribution in [3.8, 4) is 0 Å². The molecule has 0 aromatic heterocycles. The third-order valence-corrected chi connectivity index (χ3v) is 3.39. The predicted octanol–water partition coefficient (Wildman–Crippen LogP) is 2.41. The van der Waals surface area contributed by atoms with Crippen molar-refractivity contribution in [2.24, 2.45) is 0 Å². The Morgan fingerprint density at radius 3 is 2.58 bits per heavy atom. The summed E-state index contributed by atoms with van der Waals surface area (Å²) in [6.07, 6.45) is 1.03. The molecule has 0 spiro atoms. The molecular weight excluding hydrogens is 236 g/mol. The summed E-state index contributed by atoms with van der Waals surface area (Å²) in [7, 11) is 0. The van der Waals surface area contributed by atoms with Gasteiger partial charge in [-0.05, 0) is 25.5 Å². The van der Waals surface area contributed by atoms with Crippen molar-refractivity contribution in [1.82, 2.24) is 9.80 Å². The van der Waals surface area contributed by atoms with Crippen LogP contribution in [0, 0.1) is 0 Å². The number of hydrogen-bond donors (Lipinski definition) is 0. The van der Waals surface area contributed by atoms with E-state index in [9.17, 15) is 4.79 Å². The molecule has 1 aromatic rings. The van der Waals surface area contributed by atoms with E-state index in [0.717, 1.165) is 44.7 Å². The van der Waals surface area contributed by atoms with Gasteiger partial charge in [-0.25, -0.2) is 0 Å². The lowest BCUT2D eigenvalue weighted by molar-refractivity contribution is 0.0762. The Hall–Kier alpha value is -1.61. The average Bonchev–Trinajstić information content (AvgIpc) is 2.64. The molecule has 102 valence electrons. The van der Waals surface area contributed by atoms with Gasteiger partial charge in [-0.15, -0.1) is 0 Å². The molecule has 2 rings (SSSR count). The van der Waals surface area contributed by atoms with Crippen molar-refractivity contribution in [3.05, 3.63) is 48.0 Å². The first-order chi connectivity index (χ1) is 9.16. The second kappa shape index (κ2) is 6.53. The lowest BCUT2D eigenvalue weighted by Gasteiger charge is -2.22. The van der Waals surface area contributed by atoms with Gasteiger partial charge in [-0.3, -0.25) is 9.69 Å². The first-order valence-corrected chi connectivity index (χ1v) is 6.88. The third kappa shape index (κ3) is 3.93. The fourth-order valence-electron chi connectivity index (χ4n) is 2.48. The number of rotatable bonds is 3. The molecule has 1 aliphatic rings. The van der Waals surface area contributed by atoms with Crippen molar-refractivity contribution >= 4 is 5.91 Å². The van der Waals surface area contributed by atoms with Crippen molar-refractivity contribution in [3.63, 3.8) is 0 Å². The molecule has 0 N–H and O–H groups in total. The normalized spacial score (nSPS) is 17.0. The second-order valence-corrected chi connectivity index (χ2v) is 5.25. The molecule has 1 fully saturated rings. The van der Waals surface area contributed by atoms with Crippen molar-refractivity contribution < 1.29 is 4.79 Å². The summed E-state index contributed by atoms with van der Waals surface area (Å²) in [6, 6.07) is 9.54. The number of nitrogens with zero attached hydrogens (tertiary/aromatic N) is 2. The predicted molar refractivity (Wildman–Crippen MR) is 78.2 cm³/mol. The van der Waals surface area contributed by atoms with E-state index >= 15 is 0 Å². The van der Waals surface area contributed by atoms with Crippen LogP contribution in [0.3, 0.4) is 0 Å². The van der Waals surface area contributed by atoms with Crippen LogP contribution in [0.1, 0.15) is 23.7 Å². The lowest BCUT2D eigenvalue weighted by atomic mass is 10.2. The van der Waals surface area contributed by atoms with Crippen LogP contribution in [-0.2, 0) is 0 Å². The summed E-state index contributed by atoms with van der Waals surface area (Å²) in [5.41, 5.74) is 1.97. The highest BCUT2D eigenvalue weighted by molar-refractivity contribution is 5.94. The smallest absolute Gasteiger partial charge is 0.253 e. The summed E-state index contributed by atoms with van der Waals surface area (Å²) >= 11 is 0. The van der Waals surface area contributed by atoms with Gasteiger partial charge in [0.2, 0.25) is 0 Å². The topological polar surface area (TPSA) is 23.6 Å². The minimum atomic E-state index is 0.151. The minimum absolute atomic E-state index is 0.151. The molecule has 0 bridgehead atoms. The third-order valence-electron chi connectivity index (χ3n) is 3.39. The Morgan fingerprint density at radius 2 is 1.89 bits per heavy atom. The average molecular weight is 258 g/mol. The number of benzene rings is 1. The number of carbonyl (C=O) groups excluding carboxylic acids is 1. The van der Waals surface area contributed by atoms with Crippen molar-refractivity contribution in [2.75, 3.05) is 32.7 Å². The summed E-state index contributed by atoms with van der Waals surface area (Å²) in [5.74, 6) is 0.151. The highest BCUT2D eigenvalue weighted by atomic mass is 16.2. The first kappa shape index (κ1) is 13.8. The Kier molecular flexibility index (Phi) is 4.74. The largest absolute Gasteiger partial charge is 0.337 e. The van der Waals surface area contributed by atoms with Gasteiger partial charge in [0.25, 0.3) is 5.91 Å². The number of amides is 1. The molecule has 0 unspecified atom stereocenters. The van der Waals surface area contributed by atoms with E-state index in [0.29, 0.717) is 0 Å². The van der Waals surface area contributed by atoms with Crippen molar-refractivity contribution in [1.29, 1.82) is 0 Å². The Morgan fingerprint density at radius 1 is 1.16 bits per heavy atom. The SMILES string of the molecule is C=C(C)CN1CCCN(C(=O)c2ccccc2)CC1. The fourth-order valence-corrected chi connectivity index (χ4v) is 2.48. The van der Waals surface area contributed by atoms with E-state index in [-0.39, 0.29) is 5.91 Å². The molecule has 0 radical (unpaired) electrons. The maximum absolute atomic E-state index is 12.4. The molecule has 0 aliphatic carbocycles. The summed E-state index contributed by atoms with van der Waals surface area (Å²) in [5, 5.41) is 0. The molecule has 0 saturated carbocycles. The highest BCUT2D eigenvalue weighted by Crippen LogP contribution is 2.10. The van der Waals surface area contributed by atoms with Crippen molar-refractivity contribution in [2.45, 2.75) is 13.3 Å². The Labute approximate surface area is 115 Å². The van der Waals surface area contributed by atoms with E-state index in [1.807, 2.05) is 35.2 Å². The first-order valence-electron chi connectivity index (χ1n) is 6.88. The van der Waals surface area contributed by atoms with Crippen LogP contribution in [0.25, 0.3) is 0 Å². The number of hydrogen-bond acceptors (Lipinski definition) is 2. The van der Waals surface area contributed by atoms with Crippen LogP contribution in [0.2, 0.25) is 0 Å². The monoisotopic (exact) mass is 258 g/mol. The van der Waals surface area contributed by atoms with Crippen LogP contribution in [-0.4, -0.2) is 48.4 Å². The molecule has 1 amide bonds. The van der Waals surface area contributed by atoms with Gasteiger partial charge in [0, 0.05) is 38.3 Å². The van der Waals surface area contributed by atoms with Crippen LogP contribution < -0.4 is 0 Å². The molecular formula is C16H22N2O. The van der Waals surface area contributed by atoms with Gasteiger partial charge in [-0.1, -0.05) is 30.4 Å². The summed E-state index contributed by atoms with van der Waals surface area (Å²) in [4.78, 5) is 16.7. The van der Waals surface area contributed by atoms with Gasteiger partial charge >= 0.3 is 0 Å². The lowest BCUT2D eigenvalue weighted by Crippen LogP contribution is -2.35. The molecule has 1 aromatic carbocycles. The summed E-state index contributed by atoms with van der Waals surface area (Å²) < 4.78 is 0. The molecule has 1 heterocycles. The van der Waals surface area contributed by atoms with Gasteiger partial charge in [0.15, 0.2) is 0 Å². The van der Waals surface area contributed by atoms with Gasteiger partial charge < -0.3 is 4.90 Å². The quantitative estimate of drug-likeness (QED) is 0.777. The van der Waals surface area contributed by atoms with E-state index in [1.165, 1.54) is 5.57 Å². The zero-order valence-electron chi connectivity index (χ0n) is 11.6. The van der Waals surface area contributed by atoms with Crippen LogP contribution >= 0.6 is 0 Å². The van der Waals surface area contributed by atoms with Gasteiger partial charge in [0.1, 0.15) is 0 Å². The Bertz CT molecular complexity index is 441. The van der Waals surface area contributed by atoms with Crippen LogP contribution in [0.15, 0.2) is 42.5 Å². The molecule has 19 heavy (non-hydrogen) atoms. The van der Waals surface area contributed by atoms with E-state index in [1.54, 1.807) is 0 Å². The maximum atomic E-state index is 12.4. The van der Waals surface area contributed by atoms with E-state index < -0.39 is 0 Å². The molecule has 1 aliphatic heterocycles. The number of carbonyl (C=O) groups is 1. The zero-order chi connectivity index (χ0) is 13.7. The fraction of sp³-hybridized carbons (Fsp3) is 0.438. The minimum Gasteiger partial charge on any atom is -0.337 e. The van der Waals surface area contributed by atoms with Gasteiger partial charge in [0.05, 0.1) is 0 Å².